The van der Waals surface area contributed by atoms with Gasteiger partial charge in [0.2, 0.25) is 0 Å². The third-order valence-electron chi connectivity index (χ3n) is 6.88. The molecule has 5 heteroatoms. The van der Waals surface area contributed by atoms with Crippen LogP contribution < -0.4 is 0 Å². The van der Waals surface area contributed by atoms with Crippen LogP contribution in [0.5, 0.6) is 0 Å². The molecule has 4 nitrogen and oxygen atoms in total. The van der Waals surface area contributed by atoms with Crippen LogP contribution in [0.2, 0.25) is 6.04 Å². The zero-order valence-electron chi connectivity index (χ0n) is 20.9. The summed E-state index contributed by atoms with van der Waals surface area (Å²) in [6.45, 7) is 11.9. The standard InChI is InChI=1S/C24H54NO3Si/c1-7-10-11-12-13-14-15-16-17-18-19-20-22-25(8-2,9-3)23-21-24-29(26-4,27-5)28-6/h7-24H2,1-6H3/q+1. The average molecular weight is 433 g/mol. The highest BCUT2D eigenvalue weighted by Gasteiger charge is 2.38. The summed E-state index contributed by atoms with van der Waals surface area (Å²) in [4.78, 5) is 0. The highest BCUT2D eigenvalue weighted by atomic mass is 28.4. The maximum Gasteiger partial charge on any atom is 0.500 e. The van der Waals surface area contributed by atoms with Gasteiger partial charge in [-0.15, -0.1) is 0 Å². The molecule has 0 saturated heterocycles. The van der Waals surface area contributed by atoms with Gasteiger partial charge in [0, 0.05) is 33.8 Å². The van der Waals surface area contributed by atoms with Crippen molar-refractivity contribution in [2.45, 2.75) is 110 Å². The molecule has 0 radical (unpaired) electrons. The Balaban J connectivity index is 3.92. The van der Waals surface area contributed by atoms with Crippen molar-refractivity contribution in [1.29, 1.82) is 0 Å². The predicted octanol–water partition coefficient (Wildman–Crippen LogP) is 6.81. The molecule has 0 amide bonds. The zero-order chi connectivity index (χ0) is 21.8. The minimum atomic E-state index is -2.42. The van der Waals surface area contributed by atoms with E-state index in [0.717, 1.165) is 12.5 Å². The van der Waals surface area contributed by atoms with Crippen LogP contribution >= 0.6 is 0 Å². The van der Waals surface area contributed by atoms with Gasteiger partial charge >= 0.3 is 8.80 Å². The summed E-state index contributed by atoms with van der Waals surface area (Å²) < 4.78 is 18.0. The van der Waals surface area contributed by atoms with E-state index in [4.69, 9.17) is 13.3 Å². The van der Waals surface area contributed by atoms with Gasteiger partial charge in [-0.05, 0) is 26.7 Å². The lowest BCUT2D eigenvalue weighted by Gasteiger charge is -2.38. The lowest BCUT2D eigenvalue weighted by Crippen LogP contribution is -2.50. The van der Waals surface area contributed by atoms with Crippen molar-refractivity contribution in [2.24, 2.45) is 0 Å². The van der Waals surface area contributed by atoms with Crippen LogP contribution in [0.1, 0.15) is 104 Å². The highest BCUT2D eigenvalue weighted by molar-refractivity contribution is 6.60. The first kappa shape index (κ1) is 29.1. The van der Waals surface area contributed by atoms with Gasteiger partial charge in [-0.25, -0.2) is 0 Å². The summed E-state index contributed by atoms with van der Waals surface area (Å²) in [7, 11) is 2.72. The van der Waals surface area contributed by atoms with Gasteiger partial charge in [0.1, 0.15) is 0 Å². The Hall–Kier alpha value is 0.0569. The second-order valence-electron chi connectivity index (χ2n) is 8.71. The molecule has 0 aliphatic carbocycles. The van der Waals surface area contributed by atoms with Gasteiger partial charge in [-0.3, -0.25) is 0 Å². The molecule has 0 aromatic carbocycles. The Morgan fingerprint density at radius 3 is 1.28 bits per heavy atom. The molecule has 0 heterocycles. The summed E-state index contributed by atoms with van der Waals surface area (Å²) >= 11 is 0. The Kier molecular flexibility index (Phi) is 18.8. The molecule has 0 bridgehead atoms. The van der Waals surface area contributed by atoms with Gasteiger partial charge < -0.3 is 17.8 Å². The smallest absolute Gasteiger partial charge is 0.377 e. The van der Waals surface area contributed by atoms with Crippen LogP contribution in [-0.4, -0.2) is 60.8 Å². The first-order valence-electron chi connectivity index (χ1n) is 12.6. The largest absolute Gasteiger partial charge is 0.500 e. The Labute approximate surface area is 184 Å². The van der Waals surface area contributed by atoms with E-state index in [0.29, 0.717) is 0 Å². The van der Waals surface area contributed by atoms with Crippen LogP contribution in [0.4, 0.5) is 0 Å². The summed E-state index contributed by atoms with van der Waals surface area (Å²) in [5, 5.41) is 0. The van der Waals surface area contributed by atoms with Crippen molar-refractivity contribution in [1.82, 2.24) is 0 Å². The minimum absolute atomic E-state index is 0.912. The summed E-state index contributed by atoms with van der Waals surface area (Å²) in [5.74, 6) is 0. The molecule has 0 aliphatic rings. The molecule has 0 atom stereocenters. The van der Waals surface area contributed by atoms with E-state index in [9.17, 15) is 0 Å². The van der Waals surface area contributed by atoms with E-state index in [1.54, 1.807) is 21.3 Å². The fourth-order valence-electron chi connectivity index (χ4n) is 4.44. The minimum Gasteiger partial charge on any atom is -0.377 e. The molecule has 0 unspecified atom stereocenters. The number of hydrogen-bond acceptors (Lipinski definition) is 3. The average Bonchev–Trinajstić information content (AvgIpc) is 2.76. The molecule has 0 fully saturated rings. The SMILES string of the molecule is CCCCCCCCCCCCCC[N+](CC)(CC)CCC[Si](OC)(OC)OC. The van der Waals surface area contributed by atoms with E-state index < -0.39 is 8.80 Å². The second kappa shape index (κ2) is 18.8. The van der Waals surface area contributed by atoms with Crippen molar-refractivity contribution in [2.75, 3.05) is 47.5 Å². The van der Waals surface area contributed by atoms with E-state index >= 15 is 0 Å². The Morgan fingerprint density at radius 2 is 0.897 bits per heavy atom. The third kappa shape index (κ3) is 13.2. The van der Waals surface area contributed by atoms with Gasteiger partial charge in [-0.2, -0.15) is 0 Å². The van der Waals surface area contributed by atoms with Gasteiger partial charge in [-0.1, -0.05) is 71.1 Å². The highest BCUT2D eigenvalue weighted by Crippen LogP contribution is 2.19. The maximum absolute atomic E-state index is 5.58. The molecule has 0 rings (SSSR count). The van der Waals surface area contributed by atoms with E-state index in [1.165, 1.54) is 108 Å². The predicted molar refractivity (Wildman–Crippen MR) is 128 cm³/mol. The second-order valence-corrected chi connectivity index (χ2v) is 11.8. The van der Waals surface area contributed by atoms with E-state index in [-0.39, 0.29) is 0 Å². The molecule has 0 spiro atoms. The fraction of sp³-hybridized carbons (Fsp3) is 1.00. The summed E-state index contributed by atoms with van der Waals surface area (Å²) in [6.07, 6.45) is 18.2. The van der Waals surface area contributed by atoms with Crippen LogP contribution in [0, 0.1) is 0 Å². The van der Waals surface area contributed by atoms with Crippen molar-refractivity contribution >= 4 is 8.80 Å². The van der Waals surface area contributed by atoms with E-state index in [1.807, 2.05) is 0 Å². The monoisotopic (exact) mass is 432 g/mol. The molecule has 0 aromatic heterocycles. The number of hydrogen-bond donors (Lipinski definition) is 0. The number of quaternary nitrogens is 1. The topological polar surface area (TPSA) is 27.7 Å². The lowest BCUT2D eigenvalue weighted by molar-refractivity contribution is -0.925. The van der Waals surface area contributed by atoms with Crippen molar-refractivity contribution in [3.63, 3.8) is 0 Å². The number of rotatable bonds is 22. The van der Waals surface area contributed by atoms with Crippen LogP contribution in [-0.2, 0) is 13.3 Å². The van der Waals surface area contributed by atoms with Crippen molar-refractivity contribution in [3.05, 3.63) is 0 Å². The molecular formula is C24H54NO3Si+. The van der Waals surface area contributed by atoms with Gasteiger partial charge in [0.25, 0.3) is 0 Å². The molecular weight excluding hydrogens is 378 g/mol. The lowest BCUT2D eigenvalue weighted by atomic mass is 10.0. The zero-order valence-corrected chi connectivity index (χ0v) is 21.9. The van der Waals surface area contributed by atoms with Gasteiger partial charge in [0.05, 0.1) is 26.2 Å². The quantitative estimate of drug-likeness (QED) is 0.107. The summed E-state index contributed by atoms with van der Waals surface area (Å²) in [5.41, 5.74) is 0. The number of nitrogens with zero attached hydrogens (tertiary/aromatic N) is 1. The normalized spacial score (nSPS) is 12.6. The molecule has 29 heavy (non-hydrogen) atoms. The first-order valence-corrected chi connectivity index (χ1v) is 14.5. The molecule has 0 aromatic rings. The molecule has 176 valence electrons. The van der Waals surface area contributed by atoms with Crippen LogP contribution in [0.15, 0.2) is 0 Å². The molecule has 0 N–H and O–H groups in total. The van der Waals surface area contributed by atoms with Gasteiger partial charge in [0.15, 0.2) is 0 Å². The number of unbranched alkanes of at least 4 members (excludes halogenated alkanes) is 11. The van der Waals surface area contributed by atoms with Crippen LogP contribution in [0.3, 0.4) is 0 Å². The summed E-state index contributed by atoms with van der Waals surface area (Å²) in [6, 6.07) is 0.912. The Bertz CT molecular complexity index is 339. The Morgan fingerprint density at radius 1 is 0.517 bits per heavy atom. The maximum atomic E-state index is 5.58. The third-order valence-corrected chi connectivity index (χ3v) is 9.71. The first-order chi connectivity index (χ1) is 14.1. The van der Waals surface area contributed by atoms with E-state index in [2.05, 4.69) is 20.8 Å². The molecule has 0 saturated carbocycles. The van der Waals surface area contributed by atoms with Crippen LogP contribution in [0.25, 0.3) is 0 Å². The van der Waals surface area contributed by atoms with Crippen molar-refractivity contribution < 1.29 is 17.8 Å². The fourth-order valence-corrected chi connectivity index (χ4v) is 6.15. The van der Waals surface area contributed by atoms with Crippen molar-refractivity contribution in [3.8, 4) is 0 Å². The molecule has 0 aliphatic heterocycles.